The third kappa shape index (κ3) is 2.87. The summed E-state index contributed by atoms with van der Waals surface area (Å²) >= 11 is 0. The lowest BCUT2D eigenvalue weighted by molar-refractivity contribution is 0.638. The molecule has 0 aliphatic carbocycles. The van der Waals surface area contributed by atoms with Gasteiger partial charge in [-0.2, -0.15) is 5.10 Å². The zero-order valence-electron chi connectivity index (χ0n) is 10.4. The number of anilines is 2. The van der Waals surface area contributed by atoms with Gasteiger partial charge >= 0.3 is 0 Å². The standard InChI is InChI=1S/C12H19N5/c1-3-5-7-16-8-6-13-12(16)15-11-9-14-17(4-2)10-11/h6,8-10H,3-5,7H2,1-2H3,(H,13,15). The van der Waals surface area contributed by atoms with E-state index < -0.39 is 0 Å². The Morgan fingerprint density at radius 1 is 1.35 bits per heavy atom. The maximum Gasteiger partial charge on any atom is 0.207 e. The molecule has 5 heteroatoms. The van der Waals surface area contributed by atoms with Crippen LogP contribution >= 0.6 is 0 Å². The Kier molecular flexibility index (Phi) is 3.80. The highest BCUT2D eigenvalue weighted by Crippen LogP contribution is 2.14. The van der Waals surface area contributed by atoms with Crippen molar-refractivity contribution in [1.82, 2.24) is 19.3 Å². The number of rotatable bonds is 6. The van der Waals surface area contributed by atoms with Crippen molar-refractivity contribution in [3.05, 3.63) is 24.8 Å². The molecule has 0 amide bonds. The van der Waals surface area contributed by atoms with Crippen LogP contribution in [0.4, 0.5) is 11.6 Å². The van der Waals surface area contributed by atoms with Crippen molar-refractivity contribution in [2.24, 2.45) is 0 Å². The molecule has 0 saturated carbocycles. The number of imidazole rings is 1. The largest absolute Gasteiger partial charge is 0.323 e. The SMILES string of the molecule is CCCCn1ccnc1Nc1cnn(CC)c1. The minimum atomic E-state index is 0.881. The summed E-state index contributed by atoms with van der Waals surface area (Å²) in [5, 5.41) is 7.51. The monoisotopic (exact) mass is 233 g/mol. The lowest BCUT2D eigenvalue weighted by Gasteiger charge is -2.07. The van der Waals surface area contributed by atoms with Gasteiger partial charge < -0.3 is 9.88 Å². The first-order valence-corrected chi connectivity index (χ1v) is 6.14. The molecule has 0 atom stereocenters. The van der Waals surface area contributed by atoms with E-state index in [1.807, 2.05) is 29.5 Å². The molecule has 5 nitrogen and oxygen atoms in total. The third-order valence-corrected chi connectivity index (χ3v) is 2.68. The van der Waals surface area contributed by atoms with Crippen molar-refractivity contribution in [2.75, 3.05) is 5.32 Å². The first kappa shape index (κ1) is 11.7. The molecule has 0 aromatic carbocycles. The summed E-state index contributed by atoms with van der Waals surface area (Å²) < 4.78 is 4.02. The van der Waals surface area contributed by atoms with Crippen LogP contribution in [0.15, 0.2) is 24.8 Å². The summed E-state index contributed by atoms with van der Waals surface area (Å²) in [7, 11) is 0. The highest BCUT2D eigenvalue weighted by atomic mass is 15.3. The molecule has 2 aromatic rings. The van der Waals surface area contributed by atoms with Crippen molar-refractivity contribution in [3.8, 4) is 0 Å². The van der Waals surface area contributed by atoms with Crippen LogP contribution in [0, 0.1) is 0 Å². The maximum absolute atomic E-state index is 4.31. The van der Waals surface area contributed by atoms with Crippen LogP contribution in [-0.2, 0) is 13.1 Å². The van der Waals surface area contributed by atoms with Crippen molar-refractivity contribution in [1.29, 1.82) is 0 Å². The van der Waals surface area contributed by atoms with Gasteiger partial charge in [-0.25, -0.2) is 4.98 Å². The van der Waals surface area contributed by atoms with Gasteiger partial charge in [-0.3, -0.25) is 4.68 Å². The molecule has 1 N–H and O–H groups in total. The van der Waals surface area contributed by atoms with Gasteiger partial charge in [0.1, 0.15) is 0 Å². The van der Waals surface area contributed by atoms with Crippen LogP contribution in [0.2, 0.25) is 0 Å². The molecule has 0 fully saturated rings. The third-order valence-electron chi connectivity index (χ3n) is 2.68. The van der Waals surface area contributed by atoms with Crippen LogP contribution in [-0.4, -0.2) is 19.3 Å². The van der Waals surface area contributed by atoms with Gasteiger partial charge in [0.05, 0.1) is 11.9 Å². The van der Waals surface area contributed by atoms with Gasteiger partial charge in [0, 0.05) is 31.7 Å². The predicted molar refractivity (Wildman–Crippen MR) is 68.3 cm³/mol. The van der Waals surface area contributed by atoms with E-state index in [2.05, 4.69) is 33.8 Å². The number of aromatic nitrogens is 4. The number of hydrogen-bond acceptors (Lipinski definition) is 3. The second kappa shape index (κ2) is 5.52. The average Bonchev–Trinajstić information content (AvgIpc) is 2.96. The summed E-state index contributed by atoms with van der Waals surface area (Å²) in [4.78, 5) is 4.31. The first-order valence-electron chi connectivity index (χ1n) is 6.14. The number of nitrogens with one attached hydrogen (secondary N) is 1. The molecule has 92 valence electrons. The fourth-order valence-electron chi connectivity index (χ4n) is 1.67. The second-order valence-corrected chi connectivity index (χ2v) is 4.01. The van der Waals surface area contributed by atoms with Gasteiger partial charge in [0.15, 0.2) is 0 Å². The van der Waals surface area contributed by atoms with Crippen LogP contribution in [0.25, 0.3) is 0 Å². The van der Waals surface area contributed by atoms with E-state index >= 15 is 0 Å². The lowest BCUT2D eigenvalue weighted by Crippen LogP contribution is -2.02. The number of nitrogens with zero attached hydrogens (tertiary/aromatic N) is 4. The highest BCUT2D eigenvalue weighted by Gasteiger charge is 2.04. The molecule has 0 bridgehead atoms. The quantitative estimate of drug-likeness (QED) is 0.834. The molecule has 2 heterocycles. The molecule has 17 heavy (non-hydrogen) atoms. The topological polar surface area (TPSA) is 47.7 Å². The van der Waals surface area contributed by atoms with E-state index in [4.69, 9.17) is 0 Å². The summed E-state index contributed by atoms with van der Waals surface area (Å²) in [6, 6.07) is 0. The summed E-state index contributed by atoms with van der Waals surface area (Å²) in [5.41, 5.74) is 0.982. The predicted octanol–water partition coefficient (Wildman–Crippen LogP) is 2.64. The average molecular weight is 233 g/mol. The Bertz CT molecular complexity index is 457. The Morgan fingerprint density at radius 2 is 2.24 bits per heavy atom. The van der Waals surface area contributed by atoms with Crippen molar-refractivity contribution in [3.63, 3.8) is 0 Å². The molecule has 0 aliphatic rings. The summed E-state index contributed by atoms with van der Waals surface area (Å²) in [6.45, 7) is 6.14. The second-order valence-electron chi connectivity index (χ2n) is 4.01. The van der Waals surface area contributed by atoms with E-state index in [0.717, 1.165) is 24.7 Å². The van der Waals surface area contributed by atoms with E-state index in [9.17, 15) is 0 Å². The fraction of sp³-hybridized carbons (Fsp3) is 0.500. The van der Waals surface area contributed by atoms with Gasteiger partial charge in [-0.15, -0.1) is 0 Å². The smallest absolute Gasteiger partial charge is 0.207 e. The normalized spacial score (nSPS) is 10.7. The Labute approximate surface area is 101 Å². The fourth-order valence-corrected chi connectivity index (χ4v) is 1.67. The van der Waals surface area contributed by atoms with E-state index in [1.165, 1.54) is 12.8 Å². The molecule has 2 rings (SSSR count). The minimum Gasteiger partial charge on any atom is -0.323 e. The van der Waals surface area contributed by atoms with Crippen molar-refractivity contribution < 1.29 is 0 Å². The molecule has 0 unspecified atom stereocenters. The van der Waals surface area contributed by atoms with Crippen molar-refractivity contribution >= 4 is 11.6 Å². The van der Waals surface area contributed by atoms with E-state index in [-0.39, 0.29) is 0 Å². The van der Waals surface area contributed by atoms with Gasteiger partial charge in [0.2, 0.25) is 5.95 Å². The Balaban J connectivity index is 2.04. The molecular weight excluding hydrogens is 214 g/mol. The zero-order valence-corrected chi connectivity index (χ0v) is 10.4. The number of hydrogen-bond donors (Lipinski definition) is 1. The molecular formula is C12H19N5. The maximum atomic E-state index is 4.31. The minimum absolute atomic E-state index is 0.881. The highest BCUT2D eigenvalue weighted by molar-refractivity contribution is 5.50. The van der Waals surface area contributed by atoms with Gasteiger partial charge in [0.25, 0.3) is 0 Å². The Morgan fingerprint density at radius 3 is 2.94 bits per heavy atom. The van der Waals surface area contributed by atoms with E-state index in [1.54, 1.807) is 0 Å². The van der Waals surface area contributed by atoms with Crippen LogP contribution in [0.1, 0.15) is 26.7 Å². The molecule has 0 radical (unpaired) electrons. The first-order chi connectivity index (χ1) is 8.33. The van der Waals surface area contributed by atoms with Crippen LogP contribution in [0.3, 0.4) is 0 Å². The van der Waals surface area contributed by atoms with Crippen LogP contribution < -0.4 is 5.32 Å². The molecule has 2 aromatic heterocycles. The van der Waals surface area contributed by atoms with Crippen LogP contribution in [0.5, 0.6) is 0 Å². The lowest BCUT2D eigenvalue weighted by atomic mass is 10.3. The van der Waals surface area contributed by atoms with Gasteiger partial charge in [-0.05, 0) is 13.3 Å². The summed E-state index contributed by atoms with van der Waals surface area (Å²) in [5.74, 6) is 0.883. The van der Waals surface area contributed by atoms with Gasteiger partial charge in [-0.1, -0.05) is 13.3 Å². The Hall–Kier alpha value is -1.78. The van der Waals surface area contributed by atoms with Crippen molar-refractivity contribution in [2.45, 2.75) is 39.8 Å². The zero-order chi connectivity index (χ0) is 12.1. The summed E-state index contributed by atoms with van der Waals surface area (Å²) in [6.07, 6.45) is 9.98. The molecule has 0 aliphatic heterocycles. The molecule has 0 spiro atoms. The number of aryl methyl sites for hydroxylation is 2. The molecule has 0 saturated heterocycles. The number of unbranched alkanes of at least 4 members (excludes halogenated alkanes) is 1. The van der Waals surface area contributed by atoms with E-state index in [0.29, 0.717) is 0 Å².